The fourth-order valence-corrected chi connectivity index (χ4v) is 4.15. The number of carbonyl (C=O) groups excluding carboxylic acids is 1. The van der Waals surface area contributed by atoms with E-state index in [0.717, 1.165) is 11.3 Å². The van der Waals surface area contributed by atoms with E-state index in [1.807, 2.05) is 44.2 Å². The Hall–Kier alpha value is -4.59. The van der Waals surface area contributed by atoms with Gasteiger partial charge in [0.2, 0.25) is 0 Å². The molecule has 174 valence electrons. The third kappa shape index (κ3) is 3.99. The van der Waals surface area contributed by atoms with Crippen LogP contribution < -0.4 is 5.32 Å². The van der Waals surface area contributed by atoms with E-state index in [4.69, 9.17) is 9.84 Å². The van der Waals surface area contributed by atoms with E-state index in [-0.39, 0.29) is 5.52 Å². The predicted octanol–water partition coefficient (Wildman–Crippen LogP) is 5.77. The monoisotopic (exact) mass is 467 g/mol. The first-order chi connectivity index (χ1) is 17.0. The molecular weight excluding hydrogens is 445 g/mol. The quantitative estimate of drug-likeness (QED) is 0.331. The van der Waals surface area contributed by atoms with Crippen LogP contribution in [0.15, 0.2) is 73.1 Å². The SMILES string of the molecule is COC(=O)c1ccccc1Nc1c(-c2cc(F)c3nccnc3c2)c(C)nn1-c1ccccc1C. The van der Waals surface area contributed by atoms with Crippen molar-refractivity contribution in [1.29, 1.82) is 0 Å². The number of hydrogen-bond donors (Lipinski definition) is 1. The summed E-state index contributed by atoms with van der Waals surface area (Å²) in [6.07, 6.45) is 2.99. The third-order valence-electron chi connectivity index (χ3n) is 5.81. The molecule has 0 fully saturated rings. The summed E-state index contributed by atoms with van der Waals surface area (Å²) < 4.78 is 21.8. The van der Waals surface area contributed by atoms with Crippen molar-refractivity contribution < 1.29 is 13.9 Å². The predicted molar refractivity (Wildman–Crippen MR) is 133 cm³/mol. The van der Waals surface area contributed by atoms with Gasteiger partial charge in [-0.2, -0.15) is 5.10 Å². The number of esters is 1. The zero-order valence-corrected chi connectivity index (χ0v) is 19.4. The molecule has 0 spiro atoms. The maximum absolute atomic E-state index is 15.0. The van der Waals surface area contributed by atoms with Gasteiger partial charge in [0.05, 0.1) is 35.3 Å². The maximum Gasteiger partial charge on any atom is 0.339 e. The van der Waals surface area contributed by atoms with Crippen molar-refractivity contribution in [1.82, 2.24) is 19.7 Å². The van der Waals surface area contributed by atoms with Gasteiger partial charge in [0.1, 0.15) is 11.3 Å². The Morgan fingerprint density at radius 3 is 2.54 bits per heavy atom. The molecule has 2 heterocycles. The summed E-state index contributed by atoms with van der Waals surface area (Å²) in [6, 6.07) is 18.1. The number of halogens is 1. The molecule has 0 unspecified atom stereocenters. The van der Waals surface area contributed by atoms with Crippen LogP contribution in [-0.2, 0) is 4.74 Å². The minimum absolute atomic E-state index is 0.200. The van der Waals surface area contributed by atoms with Crippen LogP contribution in [0.25, 0.3) is 27.8 Å². The highest BCUT2D eigenvalue weighted by atomic mass is 19.1. The summed E-state index contributed by atoms with van der Waals surface area (Å²) in [6.45, 7) is 3.85. The van der Waals surface area contributed by atoms with E-state index in [2.05, 4.69) is 15.3 Å². The Kier molecular flexibility index (Phi) is 5.70. The first kappa shape index (κ1) is 22.2. The molecule has 0 saturated heterocycles. The highest BCUT2D eigenvalue weighted by Gasteiger charge is 2.22. The molecule has 0 bridgehead atoms. The number of rotatable bonds is 5. The van der Waals surface area contributed by atoms with Crippen molar-refractivity contribution in [3.05, 3.63) is 95.7 Å². The topological polar surface area (TPSA) is 81.9 Å². The van der Waals surface area contributed by atoms with Crippen LogP contribution in [0.5, 0.6) is 0 Å². The van der Waals surface area contributed by atoms with E-state index in [0.29, 0.717) is 39.4 Å². The Morgan fingerprint density at radius 1 is 1.00 bits per heavy atom. The summed E-state index contributed by atoms with van der Waals surface area (Å²) in [4.78, 5) is 20.8. The Morgan fingerprint density at radius 2 is 1.74 bits per heavy atom. The average molecular weight is 468 g/mol. The Balaban J connectivity index is 1.77. The largest absolute Gasteiger partial charge is 0.465 e. The van der Waals surface area contributed by atoms with Crippen molar-refractivity contribution in [3.63, 3.8) is 0 Å². The van der Waals surface area contributed by atoms with E-state index in [9.17, 15) is 4.79 Å². The number of benzene rings is 3. The van der Waals surface area contributed by atoms with Crippen LogP contribution in [0.1, 0.15) is 21.6 Å². The van der Waals surface area contributed by atoms with Gasteiger partial charge in [-0.3, -0.25) is 4.98 Å². The van der Waals surface area contributed by atoms with Crippen LogP contribution >= 0.6 is 0 Å². The van der Waals surface area contributed by atoms with E-state index in [1.165, 1.54) is 25.6 Å². The zero-order valence-electron chi connectivity index (χ0n) is 19.4. The number of nitrogens with zero attached hydrogens (tertiary/aromatic N) is 4. The number of aryl methyl sites for hydroxylation is 2. The Bertz CT molecular complexity index is 1580. The molecule has 3 aromatic carbocycles. The van der Waals surface area contributed by atoms with Crippen molar-refractivity contribution >= 4 is 28.5 Å². The van der Waals surface area contributed by atoms with Crippen molar-refractivity contribution in [2.75, 3.05) is 12.4 Å². The number of aromatic nitrogens is 4. The van der Waals surface area contributed by atoms with Crippen molar-refractivity contribution in [2.45, 2.75) is 13.8 Å². The average Bonchev–Trinajstić information content (AvgIpc) is 3.19. The molecule has 0 aliphatic rings. The van der Waals surface area contributed by atoms with Gasteiger partial charge in [-0.25, -0.2) is 18.9 Å². The zero-order chi connectivity index (χ0) is 24.5. The number of methoxy groups -OCH3 is 1. The lowest BCUT2D eigenvalue weighted by Gasteiger charge is -2.16. The fraction of sp³-hybridized carbons (Fsp3) is 0.111. The molecule has 35 heavy (non-hydrogen) atoms. The van der Waals surface area contributed by atoms with Gasteiger partial charge in [0.15, 0.2) is 5.82 Å². The number of carbonyl (C=O) groups is 1. The van der Waals surface area contributed by atoms with Crippen LogP contribution in [-0.4, -0.2) is 32.8 Å². The molecule has 5 rings (SSSR count). The third-order valence-corrected chi connectivity index (χ3v) is 5.81. The lowest BCUT2D eigenvalue weighted by Crippen LogP contribution is -2.09. The summed E-state index contributed by atoms with van der Waals surface area (Å²) in [7, 11) is 1.34. The molecule has 2 aromatic heterocycles. The second-order valence-corrected chi connectivity index (χ2v) is 8.05. The number of anilines is 2. The van der Waals surface area contributed by atoms with E-state index >= 15 is 4.39 Å². The number of hydrogen-bond acceptors (Lipinski definition) is 6. The lowest BCUT2D eigenvalue weighted by atomic mass is 10.0. The first-order valence-electron chi connectivity index (χ1n) is 11.0. The molecule has 0 saturated carbocycles. The van der Waals surface area contributed by atoms with Gasteiger partial charge < -0.3 is 10.1 Å². The van der Waals surface area contributed by atoms with Gasteiger partial charge in [0, 0.05) is 18.0 Å². The summed E-state index contributed by atoms with van der Waals surface area (Å²) >= 11 is 0. The number of fused-ring (bicyclic) bond motifs is 1. The molecule has 0 amide bonds. The molecule has 0 aliphatic heterocycles. The lowest BCUT2D eigenvalue weighted by molar-refractivity contribution is 0.0602. The second-order valence-electron chi connectivity index (χ2n) is 8.05. The molecule has 0 aliphatic carbocycles. The standard InChI is InChI=1S/C27H22FN5O2/c1-16-8-4-7-11-23(16)33-26(31-21-10-6-5-9-19(21)27(34)35-3)24(17(2)32-33)18-14-20(28)25-22(15-18)29-12-13-30-25/h4-15,31H,1-3H3. The molecule has 1 N–H and O–H groups in total. The van der Waals surface area contributed by atoms with Gasteiger partial charge in [-0.1, -0.05) is 30.3 Å². The molecule has 7 nitrogen and oxygen atoms in total. The number of nitrogens with one attached hydrogen (secondary N) is 1. The maximum atomic E-state index is 15.0. The van der Waals surface area contributed by atoms with E-state index < -0.39 is 11.8 Å². The van der Waals surface area contributed by atoms with E-state index in [1.54, 1.807) is 28.9 Å². The summed E-state index contributed by atoms with van der Waals surface area (Å²) in [5.74, 6) is -0.370. The minimum Gasteiger partial charge on any atom is -0.465 e. The minimum atomic E-state index is -0.477. The molecular formula is C27H22FN5O2. The van der Waals surface area contributed by atoms with Gasteiger partial charge in [-0.15, -0.1) is 0 Å². The van der Waals surface area contributed by atoms with Crippen LogP contribution in [0, 0.1) is 19.7 Å². The normalized spacial score (nSPS) is 11.0. The fourth-order valence-electron chi connectivity index (χ4n) is 4.15. The smallest absolute Gasteiger partial charge is 0.339 e. The molecule has 0 radical (unpaired) electrons. The van der Waals surface area contributed by atoms with Gasteiger partial charge >= 0.3 is 5.97 Å². The highest BCUT2D eigenvalue weighted by molar-refractivity contribution is 5.97. The first-order valence-corrected chi connectivity index (χ1v) is 11.0. The van der Waals surface area contributed by atoms with Gasteiger partial charge in [0.25, 0.3) is 0 Å². The Labute approximate surface area is 201 Å². The molecule has 5 aromatic rings. The van der Waals surface area contributed by atoms with Gasteiger partial charge in [-0.05, 0) is 55.3 Å². The van der Waals surface area contributed by atoms with Crippen LogP contribution in [0.4, 0.5) is 15.9 Å². The summed E-state index contributed by atoms with van der Waals surface area (Å²) in [5, 5.41) is 8.18. The summed E-state index contributed by atoms with van der Waals surface area (Å²) in [5.41, 5.74) is 5.34. The molecule has 0 atom stereocenters. The second kappa shape index (κ2) is 8.98. The number of ether oxygens (including phenoxy) is 1. The van der Waals surface area contributed by atoms with Crippen molar-refractivity contribution in [2.24, 2.45) is 0 Å². The highest BCUT2D eigenvalue weighted by Crippen LogP contribution is 2.38. The molecule has 8 heteroatoms. The van der Waals surface area contributed by atoms with Crippen LogP contribution in [0.2, 0.25) is 0 Å². The number of para-hydroxylation sites is 2. The van der Waals surface area contributed by atoms with Crippen molar-refractivity contribution in [3.8, 4) is 16.8 Å². The van der Waals surface area contributed by atoms with Crippen LogP contribution in [0.3, 0.4) is 0 Å².